The molecule has 1 aromatic heterocycles. The molecule has 0 saturated heterocycles. The Morgan fingerprint density at radius 2 is 1.70 bits per heavy atom. The van der Waals surface area contributed by atoms with E-state index in [2.05, 4.69) is 56.2 Å². The van der Waals surface area contributed by atoms with Crippen LogP contribution in [0, 0.1) is 50.2 Å². The van der Waals surface area contributed by atoms with Crippen molar-refractivity contribution < 1.29 is 24.0 Å². The van der Waals surface area contributed by atoms with Gasteiger partial charge in [-0.2, -0.15) is 0 Å². The number of nitrogens with zero attached hydrogens (tertiary/aromatic N) is 1. The van der Waals surface area contributed by atoms with E-state index in [4.69, 9.17) is 4.74 Å². The third-order valence-corrected chi connectivity index (χ3v) is 13.7. The smallest absolute Gasteiger partial charge is 0.441 e. The zero-order valence-electron chi connectivity index (χ0n) is 25.2. The van der Waals surface area contributed by atoms with Crippen molar-refractivity contribution in [2.75, 3.05) is 0 Å². The lowest BCUT2D eigenvalue weighted by molar-refractivity contribution is -0.200. The summed E-state index contributed by atoms with van der Waals surface area (Å²) in [5.74, 6) is -0.813. The molecule has 0 amide bonds. The largest absolute Gasteiger partial charge is 0.481 e. The number of H-pyrrole nitrogens is 1. The Morgan fingerprint density at radius 1 is 1.00 bits per heavy atom. The van der Waals surface area contributed by atoms with E-state index >= 15 is 0 Å². The maximum absolute atomic E-state index is 14.5. The molecular formula is C32H46N2O6. The Labute approximate surface area is 236 Å². The average molecular weight is 555 g/mol. The summed E-state index contributed by atoms with van der Waals surface area (Å²) in [6.45, 7) is 15.8. The molecule has 6 rings (SSSR count). The molecule has 9 atom stereocenters. The lowest BCUT2D eigenvalue weighted by atomic mass is 9.33. The molecule has 5 aliphatic rings. The van der Waals surface area contributed by atoms with E-state index < -0.39 is 17.1 Å². The molecule has 5 aliphatic carbocycles. The summed E-state index contributed by atoms with van der Waals surface area (Å²) in [5.41, 5.74) is -0.234. The molecule has 0 aromatic carbocycles. The number of ketones is 1. The molecule has 8 heteroatoms. The fourth-order valence-electron chi connectivity index (χ4n) is 11.0. The Hall–Kier alpha value is -2.38. The molecular weight excluding hydrogens is 508 g/mol. The number of allylic oxidation sites excluding steroid dienone is 2. The van der Waals surface area contributed by atoms with Crippen LogP contribution in [0.2, 0.25) is 0 Å². The van der Waals surface area contributed by atoms with Gasteiger partial charge in [-0.3, -0.25) is 14.1 Å². The third-order valence-electron chi connectivity index (χ3n) is 13.7. The van der Waals surface area contributed by atoms with E-state index in [1.54, 1.807) is 0 Å². The first-order valence-electron chi connectivity index (χ1n) is 15.2. The molecule has 0 radical (unpaired) electrons. The number of hydrogen-bond donors (Lipinski definition) is 2. The standard InChI is InChI=1S/C32H46N2O6/c1-27(2)21-8-11-32(7)23(30(21,5)10-9-22(27)39-25-33-26(38)40-34-25)20(35)16-18-19-17-29(4,24(36)37)13-12-28(19,3)14-15-31(18,32)6/h16,19,21-23H,8-15,17H2,1-7H3,(H,36,37)(H,33,34,38)/t19-,21?,22-,23+,28+,29-,30-,31+,32+/m0/s1. The van der Waals surface area contributed by atoms with E-state index in [1.165, 1.54) is 5.57 Å². The summed E-state index contributed by atoms with van der Waals surface area (Å²) in [7, 11) is 0. The minimum Gasteiger partial charge on any atom is -0.481 e. The second-order valence-electron chi connectivity index (χ2n) is 15.9. The quantitative estimate of drug-likeness (QED) is 0.458. The summed E-state index contributed by atoms with van der Waals surface area (Å²) >= 11 is 0. The number of aliphatic carboxylic acids is 1. The van der Waals surface area contributed by atoms with Gasteiger partial charge in [0.15, 0.2) is 5.78 Å². The minimum absolute atomic E-state index is 0.0460. The van der Waals surface area contributed by atoms with E-state index in [9.17, 15) is 19.5 Å². The van der Waals surface area contributed by atoms with Gasteiger partial charge in [0.2, 0.25) is 0 Å². The predicted molar refractivity (Wildman–Crippen MR) is 149 cm³/mol. The first-order chi connectivity index (χ1) is 18.5. The Morgan fingerprint density at radius 3 is 2.35 bits per heavy atom. The van der Waals surface area contributed by atoms with Crippen LogP contribution in [-0.4, -0.2) is 33.1 Å². The van der Waals surface area contributed by atoms with Crippen LogP contribution in [0.4, 0.5) is 0 Å². The zero-order chi connectivity index (χ0) is 29.1. The molecule has 1 aromatic rings. The molecule has 2 N–H and O–H groups in total. The molecule has 0 aliphatic heterocycles. The van der Waals surface area contributed by atoms with Crippen LogP contribution < -0.4 is 10.5 Å². The van der Waals surface area contributed by atoms with Gasteiger partial charge in [-0.05, 0) is 109 Å². The number of ether oxygens (including phenoxy) is 1. The van der Waals surface area contributed by atoms with Gasteiger partial charge in [0.05, 0.1) is 5.41 Å². The van der Waals surface area contributed by atoms with Crippen LogP contribution in [0.25, 0.3) is 0 Å². The van der Waals surface area contributed by atoms with E-state index in [1.807, 2.05) is 13.0 Å². The summed E-state index contributed by atoms with van der Waals surface area (Å²) in [6, 6.07) is 0.118. The highest BCUT2D eigenvalue weighted by molar-refractivity contribution is 5.95. The molecule has 40 heavy (non-hydrogen) atoms. The van der Waals surface area contributed by atoms with Gasteiger partial charge >= 0.3 is 17.7 Å². The second-order valence-corrected chi connectivity index (χ2v) is 15.9. The van der Waals surface area contributed by atoms with E-state index in [-0.39, 0.29) is 62.7 Å². The normalized spacial score (nSPS) is 47.7. The predicted octanol–water partition coefficient (Wildman–Crippen LogP) is 6.18. The van der Waals surface area contributed by atoms with E-state index in [0.29, 0.717) is 12.8 Å². The molecule has 0 spiro atoms. The lowest BCUT2D eigenvalue weighted by Gasteiger charge is -2.70. The highest BCUT2D eigenvalue weighted by atomic mass is 16.6. The lowest BCUT2D eigenvalue weighted by Crippen LogP contribution is -2.67. The number of rotatable bonds is 3. The minimum atomic E-state index is -0.746. The van der Waals surface area contributed by atoms with Gasteiger partial charge in [-0.25, -0.2) is 9.78 Å². The number of nitrogens with one attached hydrogen (secondary N) is 1. The number of hydrogen-bond acceptors (Lipinski definition) is 6. The maximum Gasteiger partial charge on any atom is 0.441 e. The molecule has 1 unspecified atom stereocenters. The van der Waals surface area contributed by atoms with Crippen LogP contribution in [0.5, 0.6) is 6.01 Å². The molecule has 220 valence electrons. The van der Waals surface area contributed by atoms with Crippen LogP contribution in [0.3, 0.4) is 0 Å². The van der Waals surface area contributed by atoms with Crippen LogP contribution in [0.15, 0.2) is 21.0 Å². The summed E-state index contributed by atoms with van der Waals surface area (Å²) in [6.07, 6.45) is 9.77. The van der Waals surface area contributed by atoms with Gasteiger partial charge in [0, 0.05) is 11.3 Å². The maximum atomic E-state index is 14.5. The van der Waals surface area contributed by atoms with Gasteiger partial charge < -0.3 is 9.84 Å². The van der Waals surface area contributed by atoms with Crippen molar-refractivity contribution >= 4 is 11.8 Å². The van der Waals surface area contributed by atoms with Crippen LogP contribution in [-0.2, 0) is 9.59 Å². The summed E-state index contributed by atoms with van der Waals surface area (Å²) in [4.78, 5) is 40.8. The Kier molecular flexibility index (Phi) is 5.79. The number of carbonyl (C=O) groups excluding carboxylic acids is 1. The van der Waals surface area contributed by atoms with Crippen molar-refractivity contribution in [1.29, 1.82) is 0 Å². The number of aromatic amines is 1. The van der Waals surface area contributed by atoms with Gasteiger partial charge in [0.25, 0.3) is 0 Å². The van der Waals surface area contributed by atoms with Gasteiger partial charge in [0.1, 0.15) is 6.10 Å². The molecule has 4 saturated carbocycles. The molecule has 8 nitrogen and oxygen atoms in total. The Bertz CT molecular complexity index is 1340. The summed E-state index contributed by atoms with van der Waals surface area (Å²) in [5, 5.41) is 13.9. The number of fused-ring (bicyclic) bond motifs is 7. The second kappa shape index (κ2) is 8.34. The van der Waals surface area contributed by atoms with Crippen molar-refractivity contribution in [3.63, 3.8) is 0 Å². The van der Waals surface area contributed by atoms with Crippen molar-refractivity contribution in [3.05, 3.63) is 22.2 Å². The fourth-order valence-corrected chi connectivity index (χ4v) is 11.0. The van der Waals surface area contributed by atoms with Crippen LogP contribution >= 0.6 is 0 Å². The number of aromatic nitrogens is 2. The van der Waals surface area contributed by atoms with Gasteiger partial charge in [-0.15, -0.1) is 0 Å². The zero-order valence-corrected chi connectivity index (χ0v) is 25.2. The van der Waals surface area contributed by atoms with Gasteiger partial charge in [-0.1, -0.05) is 47.1 Å². The number of carboxylic acids is 1. The topological polar surface area (TPSA) is 122 Å². The van der Waals surface area contributed by atoms with Crippen molar-refractivity contribution in [1.82, 2.24) is 10.1 Å². The molecule has 1 heterocycles. The molecule has 4 fully saturated rings. The van der Waals surface area contributed by atoms with Crippen molar-refractivity contribution in [2.24, 2.45) is 50.2 Å². The summed E-state index contributed by atoms with van der Waals surface area (Å²) < 4.78 is 10.8. The SMILES string of the molecule is CC1(C)C2CC[C@]3(C)[C@H](C(=O)C=C4[C@@H]5C[C@@](C)(C(=O)O)CC[C@]5(C)CC[C@]43C)[C@@]2(C)CC[C@@H]1Oc1noc(=O)[nH]1. The first kappa shape index (κ1) is 27.8. The number of carbonyl (C=O) groups is 2. The monoisotopic (exact) mass is 554 g/mol. The van der Waals surface area contributed by atoms with Crippen molar-refractivity contribution in [3.8, 4) is 6.01 Å². The highest BCUT2D eigenvalue weighted by Gasteiger charge is 2.70. The third kappa shape index (κ3) is 3.49. The fraction of sp³-hybridized carbons (Fsp3) is 0.812. The number of carboxylic acid groups (broad SMARTS) is 1. The Balaban J connectivity index is 1.38. The first-order valence-corrected chi connectivity index (χ1v) is 15.2. The average Bonchev–Trinajstić information content (AvgIpc) is 3.27. The van der Waals surface area contributed by atoms with Crippen LogP contribution in [0.1, 0.15) is 106 Å². The molecule has 0 bridgehead atoms. The van der Waals surface area contributed by atoms with Crippen molar-refractivity contribution in [2.45, 2.75) is 112 Å². The highest BCUT2D eigenvalue weighted by Crippen LogP contribution is 2.75. The van der Waals surface area contributed by atoms with E-state index in [0.717, 1.165) is 44.9 Å².